The van der Waals surface area contributed by atoms with Gasteiger partial charge >= 0.3 is 5.69 Å². The highest BCUT2D eigenvalue weighted by Gasteiger charge is 2.22. The van der Waals surface area contributed by atoms with Crippen molar-refractivity contribution in [2.45, 2.75) is 0 Å². The van der Waals surface area contributed by atoms with Crippen molar-refractivity contribution in [2.75, 3.05) is 17.6 Å². The molecule has 0 bridgehead atoms. The predicted octanol–water partition coefficient (Wildman–Crippen LogP) is 0.386. The molecule has 0 aliphatic heterocycles. The minimum Gasteiger partial charge on any atom is -0.267 e. The van der Waals surface area contributed by atoms with Gasteiger partial charge in [0.2, 0.25) is 10.0 Å². The molecule has 0 aromatic carbocycles. The van der Waals surface area contributed by atoms with E-state index in [1.807, 2.05) is 0 Å². The van der Waals surface area contributed by atoms with E-state index in [-0.39, 0.29) is 11.4 Å². The van der Waals surface area contributed by atoms with Gasteiger partial charge in [-0.25, -0.2) is 8.42 Å². The molecule has 0 spiro atoms. The van der Waals surface area contributed by atoms with E-state index in [1.54, 1.807) is 0 Å². The van der Waals surface area contributed by atoms with Crippen LogP contribution in [0, 0.1) is 10.1 Å². The van der Waals surface area contributed by atoms with Gasteiger partial charge in [0.25, 0.3) is 0 Å². The minimum absolute atomic E-state index is 0.00231. The van der Waals surface area contributed by atoms with E-state index in [9.17, 15) is 18.5 Å². The summed E-state index contributed by atoms with van der Waals surface area (Å²) < 4.78 is 23.2. The van der Waals surface area contributed by atoms with Gasteiger partial charge in [0, 0.05) is 13.2 Å². The molecule has 0 saturated carbocycles. The van der Waals surface area contributed by atoms with E-state index in [0.29, 0.717) is 0 Å². The Balaban J connectivity index is 3.32. The van der Waals surface area contributed by atoms with Crippen LogP contribution in [0.4, 0.5) is 11.4 Å². The Morgan fingerprint density at radius 2 is 2.13 bits per heavy atom. The van der Waals surface area contributed by atoms with Crippen molar-refractivity contribution in [1.29, 1.82) is 0 Å². The van der Waals surface area contributed by atoms with Crippen LogP contribution in [0.1, 0.15) is 0 Å². The van der Waals surface area contributed by atoms with Gasteiger partial charge in [-0.1, -0.05) is 0 Å². The van der Waals surface area contributed by atoms with Crippen molar-refractivity contribution < 1.29 is 13.3 Å². The Hall–Kier alpha value is -1.70. The second kappa shape index (κ2) is 3.81. The molecule has 0 fully saturated rings. The third-order valence-corrected chi connectivity index (χ3v) is 3.00. The molecule has 0 atom stereocenters. The molecule has 0 aliphatic rings. The van der Waals surface area contributed by atoms with Crippen LogP contribution in [0.2, 0.25) is 0 Å². The molecule has 1 heterocycles. The van der Waals surface area contributed by atoms with Gasteiger partial charge in [-0.05, 0) is 6.07 Å². The van der Waals surface area contributed by atoms with Gasteiger partial charge < -0.3 is 0 Å². The van der Waals surface area contributed by atoms with Gasteiger partial charge in [0.1, 0.15) is 11.9 Å². The zero-order valence-electron chi connectivity index (χ0n) is 8.11. The van der Waals surface area contributed by atoms with Crippen LogP contribution in [-0.4, -0.2) is 31.6 Å². The number of nitro groups is 1. The van der Waals surface area contributed by atoms with Crippen LogP contribution in [0.3, 0.4) is 0 Å². The molecule has 0 N–H and O–H groups in total. The molecule has 1 aromatic heterocycles. The zero-order valence-corrected chi connectivity index (χ0v) is 8.93. The summed E-state index contributed by atoms with van der Waals surface area (Å²) in [6.07, 6.45) is 3.28. The Bertz CT molecular complexity index is 485. The number of nitrogens with zero attached hydrogens (tertiary/aromatic N) is 3. The lowest BCUT2D eigenvalue weighted by atomic mass is 10.3. The van der Waals surface area contributed by atoms with Gasteiger partial charge in [-0.2, -0.15) is 0 Å². The van der Waals surface area contributed by atoms with E-state index < -0.39 is 14.9 Å². The number of pyridine rings is 1. The second-order valence-corrected chi connectivity index (χ2v) is 4.87. The first kappa shape index (κ1) is 11.4. The highest BCUT2D eigenvalue weighted by atomic mass is 32.2. The molecule has 0 unspecified atom stereocenters. The highest BCUT2D eigenvalue weighted by molar-refractivity contribution is 7.92. The quantitative estimate of drug-likeness (QED) is 0.554. The summed E-state index contributed by atoms with van der Waals surface area (Å²) >= 11 is 0. The fourth-order valence-corrected chi connectivity index (χ4v) is 1.48. The van der Waals surface area contributed by atoms with Crippen LogP contribution in [0.25, 0.3) is 0 Å². The second-order valence-electron chi connectivity index (χ2n) is 2.85. The smallest absolute Gasteiger partial charge is 0.267 e. The third kappa shape index (κ3) is 2.40. The molecule has 82 valence electrons. The van der Waals surface area contributed by atoms with Gasteiger partial charge in [0.05, 0.1) is 11.2 Å². The van der Waals surface area contributed by atoms with E-state index in [2.05, 4.69) is 4.98 Å². The van der Waals surface area contributed by atoms with Crippen molar-refractivity contribution in [1.82, 2.24) is 4.98 Å². The van der Waals surface area contributed by atoms with E-state index in [0.717, 1.165) is 16.8 Å². The maximum absolute atomic E-state index is 11.2. The van der Waals surface area contributed by atoms with Crippen LogP contribution in [0.5, 0.6) is 0 Å². The standard InChI is InChI=1S/C7H9N3O4S/c1-9(15(2,13)14)6-3-4-8-5-7(6)10(11)12/h3-5H,1-2H3. The average molecular weight is 231 g/mol. The Kier molecular flexibility index (Phi) is 2.89. The molecule has 0 saturated heterocycles. The van der Waals surface area contributed by atoms with E-state index >= 15 is 0 Å². The summed E-state index contributed by atoms with van der Waals surface area (Å²) in [6.45, 7) is 0. The van der Waals surface area contributed by atoms with Crippen LogP contribution >= 0.6 is 0 Å². The highest BCUT2D eigenvalue weighted by Crippen LogP contribution is 2.26. The fourth-order valence-electron chi connectivity index (χ4n) is 0.964. The van der Waals surface area contributed by atoms with Gasteiger partial charge in [0.15, 0.2) is 0 Å². The van der Waals surface area contributed by atoms with Gasteiger partial charge in [-0.3, -0.25) is 19.4 Å². The lowest BCUT2D eigenvalue weighted by Gasteiger charge is -2.15. The topological polar surface area (TPSA) is 93.4 Å². The van der Waals surface area contributed by atoms with Crippen LogP contribution in [-0.2, 0) is 10.0 Å². The molecular formula is C7H9N3O4S. The van der Waals surface area contributed by atoms with E-state index in [1.165, 1.54) is 19.3 Å². The average Bonchev–Trinajstić information content (AvgIpc) is 2.15. The number of hydrogen-bond acceptors (Lipinski definition) is 5. The monoisotopic (exact) mass is 231 g/mol. The summed E-state index contributed by atoms with van der Waals surface area (Å²) in [4.78, 5) is 13.5. The third-order valence-electron chi connectivity index (χ3n) is 1.81. The molecule has 1 rings (SSSR count). The summed E-state index contributed by atoms with van der Waals surface area (Å²) in [5.41, 5.74) is -0.345. The molecule has 0 amide bonds. The molecule has 1 aromatic rings. The number of anilines is 1. The Morgan fingerprint density at radius 3 is 2.60 bits per heavy atom. The maximum Gasteiger partial charge on any atom is 0.311 e. The van der Waals surface area contributed by atoms with Crippen LogP contribution < -0.4 is 4.31 Å². The SMILES string of the molecule is CN(c1ccncc1[N+](=O)[O-])S(C)(=O)=O. The lowest BCUT2D eigenvalue weighted by Crippen LogP contribution is -2.25. The zero-order chi connectivity index (χ0) is 11.6. The van der Waals surface area contributed by atoms with Crippen molar-refractivity contribution in [2.24, 2.45) is 0 Å². The number of sulfonamides is 1. The predicted molar refractivity (Wildman–Crippen MR) is 54.1 cm³/mol. The molecule has 0 aliphatic carbocycles. The van der Waals surface area contributed by atoms with Gasteiger partial charge in [-0.15, -0.1) is 0 Å². The Labute approximate surface area is 86.6 Å². The van der Waals surface area contributed by atoms with E-state index in [4.69, 9.17) is 0 Å². The molecule has 0 radical (unpaired) electrons. The molecular weight excluding hydrogens is 222 g/mol. The molecule has 7 nitrogen and oxygen atoms in total. The summed E-state index contributed by atoms with van der Waals surface area (Å²) in [6, 6.07) is 1.28. The first-order valence-electron chi connectivity index (χ1n) is 3.86. The summed E-state index contributed by atoms with van der Waals surface area (Å²) in [5.74, 6) is 0. The largest absolute Gasteiger partial charge is 0.311 e. The normalized spacial score (nSPS) is 11.1. The summed E-state index contributed by atoms with van der Waals surface area (Å²) in [5, 5.41) is 10.6. The number of hydrogen-bond donors (Lipinski definition) is 0. The Morgan fingerprint density at radius 1 is 1.53 bits per heavy atom. The fraction of sp³-hybridized carbons (Fsp3) is 0.286. The number of aromatic nitrogens is 1. The minimum atomic E-state index is -3.51. The van der Waals surface area contributed by atoms with Crippen molar-refractivity contribution in [3.05, 3.63) is 28.6 Å². The van der Waals surface area contributed by atoms with Crippen LogP contribution in [0.15, 0.2) is 18.5 Å². The first-order chi connectivity index (χ1) is 6.84. The van der Waals surface area contributed by atoms with Crippen molar-refractivity contribution in [3.8, 4) is 0 Å². The summed E-state index contributed by atoms with van der Waals surface area (Å²) in [7, 11) is -2.26. The number of rotatable bonds is 3. The maximum atomic E-state index is 11.2. The first-order valence-corrected chi connectivity index (χ1v) is 5.71. The van der Waals surface area contributed by atoms with Crippen molar-refractivity contribution >= 4 is 21.4 Å². The lowest BCUT2D eigenvalue weighted by molar-refractivity contribution is -0.384. The molecule has 8 heteroatoms. The molecule has 15 heavy (non-hydrogen) atoms. The van der Waals surface area contributed by atoms with Crippen molar-refractivity contribution in [3.63, 3.8) is 0 Å².